The fraction of sp³-hybridized carbons (Fsp3) is 0.0526. The highest BCUT2D eigenvalue weighted by Gasteiger charge is 2.23. The van der Waals surface area contributed by atoms with Crippen molar-refractivity contribution >= 4 is 52.9 Å². The van der Waals surface area contributed by atoms with E-state index < -0.39 is 23.0 Å². The van der Waals surface area contributed by atoms with Crippen LogP contribution < -0.4 is 16.0 Å². The first-order chi connectivity index (χ1) is 22.7. The molecule has 0 aliphatic carbocycles. The topological polar surface area (TPSA) is 125 Å². The summed E-state index contributed by atoms with van der Waals surface area (Å²) in [6.45, 7) is 1.96. The van der Waals surface area contributed by atoms with Crippen LogP contribution in [0, 0.1) is 6.92 Å². The fourth-order valence-electron chi connectivity index (χ4n) is 4.59. The molecule has 1 unspecified atom stereocenters. The molecule has 0 fully saturated rings. The van der Waals surface area contributed by atoms with Gasteiger partial charge < -0.3 is 21.1 Å². The number of hydrogen-bond donors (Lipinski definition) is 4. The van der Waals surface area contributed by atoms with E-state index in [1.54, 1.807) is 66.7 Å². The summed E-state index contributed by atoms with van der Waals surface area (Å²) in [6.07, 6.45) is 1.61. The highest BCUT2D eigenvalue weighted by Crippen LogP contribution is 2.37. The molecule has 0 aliphatic rings. The van der Waals surface area contributed by atoms with E-state index in [1.165, 1.54) is 23.9 Å². The van der Waals surface area contributed by atoms with Crippen LogP contribution in [0.15, 0.2) is 144 Å². The van der Waals surface area contributed by atoms with Crippen molar-refractivity contribution in [3.05, 3.63) is 167 Å². The number of aromatic carboxylic acids is 1. The molecule has 3 amide bonds. The fourth-order valence-corrected chi connectivity index (χ4v) is 5.68. The van der Waals surface area contributed by atoms with Crippen LogP contribution >= 0.6 is 11.8 Å². The molecule has 1 atom stereocenters. The van der Waals surface area contributed by atoms with E-state index in [2.05, 4.69) is 16.0 Å². The second-order valence-corrected chi connectivity index (χ2v) is 11.7. The van der Waals surface area contributed by atoms with Crippen LogP contribution in [0.5, 0.6) is 0 Å². The Morgan fingerprint density at radius 1 is 0.681 bits per heavy atom. The molecule has 9 heteroatoms. The average molecular weight is 642 g/mol. The van der Waals surface area contributed by atoms with Crippen molar-refractivity contribution in [1.82, 2.24) is 5.32 Å². The number of amides is 3. The third-order valence-electron chi connectivity index (χ3n) is 6.98. The van der Waals surface area contributed by atoms with Gasteiger partial charge in [0, 0.05) is 21.8 Å². The van der Waals surface area contributed by atoms with Crippen molar-refractivity contribution in [3.63, 3.8) is 0 Å². The molecule has 0 aromatic heterocycles. The summed E-state index contributed by atoms with van der Waals surface area (Å²) < 4.78 is 0. The molecule has 234 valence electrons. The number of nitrogens with one attached hydrogen (secondary N) is 3. The number of carbonyl (C=O) groups excluding carboxylic acids is 3. The minimum atomic E-state index is -1.09. The number of anilines is 2. The van der Waals surface area contributed by atoms with Crippen LogP contribution in [0.2, 0.25) is 0 Å². The number of aryl methyl sites for hydroxylation is 1. The Kier molecular flexibility index (Phi) is 10.6. The predicted molar refractivity (Wildman–Crippen MR) is 185 cm³/mol. The summed E-state index contributed by atoms with van der Waals surface area (Å²) in [6, 6.07) is 38.5. The molecule has 0 saturated heterocycles. The van der Waals surface area contributed by atoms with E-state index in [1.807, 2.05) is 67.6 Å². The van der Waals surface area contributed by atoms with Gasteiger partial charge in [0.1, 0.15) is 10.9 Å². The smallest absolute Gasteiger partial charge is 0.335 e. The molecule has 5 aromatic rings. The highest BCUT2D eigenvalue weighted by atomic mass is 32.2. The molecule has 0 saturated carbocycles. The summed E-state index contributed by atoms with van der Waals surface area (Å²) in [7, 11) is 0. The molecule has 0 aliphatic heterocycles. The molecule has 5 rings (SSSR count). The van der Waals surface area contributed by atoms with E-state index in [0.29, 0.717) is 21.8 Å². The second-order valence-electron chi connectivity index (χ2n) is 10.6. The highest BCUT2D eigenvalue weighted by molar-refractivity contribution is 8.00. The molecular weight excluding hydrogens is 611 g/mol. The van der Waals surface area contributed by atoms with Crippen LogP contribution in [-0.4, -0.2) is 28.8 Å². The first-order valence-electron chi connectivity index (χ1n) is 14.7. The number of hydrogen-bond acceptors (Lipinski definition) is 5. The molecular formula is C38H31N3O5S. The van der Waals surface area contributed by atoms with Crippen LogP contribution in [0.4, 0.5) is 11.4 Å². The van der Waals surface area contributed by atoms with Crippen LogP contribution in [0.3, 0.4) is 0 Å². The van der Waals surface area contributed by atoms with Gasteiger partial charge in [-0.25, -0.2) is 4.79 Å². The van der Waals surface area contributed by atoms with E-state index >= 15 is 0 Å². The van der Waals surface area contributed by atoms with Crippen LogP contribution in [0.25, 0.3) is 6.08 Å². The maximum absolute atomic E-state index is 13.6. The summed E-state index contributed by atoms with van der Waals surface area (Å²) >= 11 is 1.28. The summed E-state index contributed by atoms with van der Waals surface area (Å²) in [5, 5.41) is 17.1. The molecule has 0 radical (unpaired) electrons. The maximum atomic E-state index is 13.6. The third-order valence-corrected chi connectivity index (χ3v) is 8.23. The Balaban J connectivity index is 1.37. The van der Waals surface area contributed by atoms with Gasteiger partial charge in [0.25, 0.3) is 11.8 Å². The Morgan fingerprint density at radius 2 is 1.30 bits per heavy atom. The molecule has 0 heterocycles. The minimum absolute atomic E-state index is 0.0610. The van der Waals surface area contributed by atoms with Crippen molar-refractivity contribution in [2.24, 2.45) is 0 Å². The zero-order valence-corrected chi connectivity index (χ0v) is 26.2. The largest absolute Gasteiger partial charge is 0.478 e. The Hall–Kier alpha value is -5.93. The van der Waals surface area contributed by atoms with Gasteiger partial charge in [0.05, 0.1) is 5.56 Å². The molecule has 5 aromatic carbocycles. The van der Waals surface area contributed by atoms with Crippen LogP contribution in [-0.2, 0) is 9.59 Å². The molecule has 0 spiro atoms. The lowest BCUT2D eigenvalue weighted by Gasteiger charge is -2.18. The van der Waals surface area contributed by atoms with Gasteiger partial charge >= 0.3 is 5.97 Å². The Bertz CT molecular complexity index is 1930. The average Bonchev–Trinajstić information content (AvgIpc) is 3.08. The second kappa shape index (κ2) is 15.4. The van der Waals surface area contributed by atoms with Gasteiger partial charge in [-0.1, -0.05) is 90.5 Å². The van der Waals surface area contributed by atoms with Gasteiger partial charge in [-0.05, 0) is 72.7 Å². The monoisotopic (exact) mass is 641 g/mol. The third kappa shape index (κ3) is 9.06. The summed E-state index contributed by atoms with van der Waals surface area (Å²) in [5.41, 5.74) is 3.90. The van der Waals surface area contributed by atoms with Crippen molar-refractivity contribution in [1.29, 1.82) is 0 Å². The van der Waals surface area contributed by atoms with Crippen molar-refractivity contribution < 1.29 is 24.3 Å². The standard InChI is InChI=1S/C38H31N3O5S/c1-25-18-20-26(21-19-25)22-33(41-35(42)28-12-6-3-7-13-28)36(43)39-31-16-9-17-32(24-31)47-34(27-10-4-2-5-11-27)37(44)40-30-15-8-14-29(23-30)38(45)46/h2-24,34H,1H3,(H,39,43)(H,40,44)(H,41,42)(H,45,46)/b33-22-. The Morgan fingerprint density at radius 3 is 1.98 bits per heavy atom. The van der Waals surface area contributed by atoms with E-state index in [9.17, 15) is 24.3 Å². The first kappa shape index (κ1) is 32.5. The zero-order valence-electron chi connectivity index (χ0n) is 25.3. The quantitative estimate of drug-likeness (QED) is 0.0871. The Labute approximate surface area is 276 Å². The molecule has 47 heavy (non-hydrogen) atoms. The first-order valence-corrected chi connectivity index (χ1v) is 15.5. The number of carboxylic acids is 1. The number of rotatable bonds is 11. The SMILES string of the molecule is Cc1ccc(/C=C(\NC(=O)c2ccccc2)C(=O)Nc2cccc(SC(C(=O)Nc3cccc(C(=O)O)c3)c3ccccc3)c2)cc1. The summed E-state index contributed by atoms with van der Waals surface area (Å²) in [4.78, 5) is 52.3. The van der Waals surface area contributed by atoms with Crippen molar-refractivity contribution in [2.45, 2.75) is 17.1 Å². The minimum Gasteiger partial charge on any atom is -0.478 e. The van der Waals surface area contributed by atoms with Crippen molar-refractivity contribution in [2.75, 3.05) is 10.6 Å². The lowest BCUT2D eigenvalue weighted by Crippen LogP contribution is -2.30. The number of thioether (sulfide) groups is 1. The van der Waals surface area contributed by atoms with Gasteiger partial charge in [-0.15, -0.1) is 11.8 Å². The predicted octanol–water partition coefficient (Wildman–Crippen LogP) is 7.57. The van der Waals surface area contributed by atoms with Crippen LogP contribution in [0.1, 0.15) is 42.7 Å². The van der Waals surface area contributed by atoms with Crippen molar-refractivity contribution in [3.8, 4) is 0 Å². The lowest BCUT2D eigenvalue weighted by molar-refractivity contribution is -0.116. The van der Waals surface area contributed by atoms with E-state index in [-0.39, 0.29) is 17.2 Å². The lowest BCUT2D eigenvalue weighted by atomic mass is 10.1. The molecule has 0 bridgehead atoms. The van der Waals surface area contributed by atoms with E-state index in [4.69, 9.17) is 0 Å². The van der Waals surface area contributed by atoms with Gasteiger partial charge in [-0.2, -0.15) is 0 Å². The molecule has 4 N–H and O–H groups in total. The number of carboxylic acid groups (broad SMARTS) is 1. The maximum Gasteiger partial charge on any atom is 0.335 e. The number of benzene rings is 5. The van der Waals surface area contributed by atoms with Gasteiger partial charge in [0.2, 0.25) is 5.91 Å². The zero-order chi connectivity index (χ0) is 33.2. The van der Waals surface area contributed by atoms with E-state index in [0.717, 1.165) is 16.7 Å². The normalized spacial score (nSPS) is 11.6. The molecule has 8 nitrogen and oxygen atoms in total. The summed E-state index contributed by atoms with van der Waals surface area (Å²) in [5.74, 6) is -2.38. The van der Waals surface area contributed by atoms with Gasteiger partial charge in [0.15, 0.2) is 0 Å². The van der Waals surface area contributed by atoms with Gasteiger partial charge in [-0.3, -0.25) is 14.4 Å². The number of carbonyl (C=O) groups is 4.